The SMILES string of the molecule is CC1(C)c2ccccc2-c2ccc(-c3c4oc5cccc(N(C6=CCC(c7ccccc7)C=C6)c6ccc(-c7ccccc7)cc6)c5c4cc4oc5ccccc5c34)cc21. The molecule has 0 aliphatic heterocycles. The number of anilines is 2. The molecule has 8 aromatic carbocycles. The van der Waals surface area contributed by atoms with Gasteiger partial charge >= 0.3 is 0 Å². The zero-order valence-corrected chi connectivity index (χ0v) is 33.5. The molecule has 286 valence electrons. The van der Waals surface area contributed by atoms with Crippen LogP contribution in [0.1, 0.15) is 42.9 Å². The Morgan fingerprint density at radius 3 is 2.05 bits per heavy atom. The van der Waals surface area contributed by atoms with Crippen LogP contribution in [-0.2, 0) is 5.41 Å². The standard InChI is InChI=1S/C57H41NO2/c1-57(2)47-20-11-9-18-43(47)44-33-28-40(34-48(44)57)53-55-45-19-10-12-22-50(45)59-52(55)35-46-54-49(21-13-23-51(54)60-56(46)53)58(41-29-24-38(25-30-41)36-14-5-3-6-15-36)42-31-26-39(27-32-42)37-16-7-4-8-17-37/h3-26,28-35,39H,27H2,1-2H3. The first-order valence-electron chi connectivity index (χ1n) is 20.9. The normalized spacial score (nSPS) is 15.4. The summed E-state index contributed by atoms with van der Waals surface area (Å²) in [6, 6.07) is 63.2. The highest BCUT2D eigenvalue weighted by Crippen LogP contribution is 2.53. The predicted octanol–water partition coefficient (Wildman–Crippen LogP) is 15.9. The van der Waals surface area contributed by atoms with Crippen LogP contribution in [0.25, 0.3) is 77.3 Å². The monoisotopic (exact) mass is 771 g/mol. The van der Waals surface area contributed by atoms with Gasteiger partial charge in [-0.3, -0.25) is 0 Å². The molecule has 1 atom stereocenters. The summed E-state index contributed by atoms with van der Waals surface area (Å²) in [5.41, 5.74) is 17.7. The summed E-state index contributed by atoms with van der Waals surface area (Å²) in [5, 5.41) is 4.24. The van der Waals surface area contributed by atoms with Gasteiger partial charge in [0.1, 0.15) is 22.3 Å². The van der Waals surface area contributed by atoms with E-state index in [0.717, 1.165) is 78.5 Å². The van der Waals surface area contributed by atoms with Gasteiger partial charge in [-0.1, -0.05) is 159 Å². The van der Waals surface area contributed by atoms with Crippen LogP contribution in [0, 0.1) is 0 Å². The summed E-state index contributed by atoms with van der Waals surface area (Å²) in [4.78, 5) is 2.40. The van der Waals surface area contributed by atoms with E-state index in [2.05, 4.69) is 207 Å². The smallest absolute Gasteiger partial charge is 0.144 e. The third kappa shape index (κ3) is 5.29. The number of rotatable bonds is 6. The van der Waals surface area contributed by atoms with Gasteiger partial charge in [-0.2, -0.15) is 0 Å². The lowest BCUT2D eigenvalue weighted by Gasteiger charge is -2.30. The Bertz CT molecular complexity index is 3360. The third-order valence-corrected chi connectivity index (χ3v) is 13.0. The maximum atomic E-state index is 7.16. The van der Waals surface area contributed by atoms with E-state index < -0.39 is 0 Å². The summed E-state index contributed by atoms with van der Waals surface area (Å²) in [7, 11) is 0. The quantitative estimate of drug-likeness (QED) is 0.169. The van der Waals surface area contributed by atoms with Gasteiger partial charge in [0.15, 0.2) is 0 Å². The van der Waals surface area contributed by atoms with Gasteiger partial charge in [-0.25, -0.2) is 0 Å². The maximum Gasteiger partial charge on any atom is 0.144 e. The summed E-state index contributed by atoms with van der Waals surface area (Å²) in [5.74, 6) is 0.317. The van der Waals surface area contributed by atoms with E-state index in [4.69, 9.17) is 8.83 Å². The van der Waals surface area contributed by atoms with E-state index in [1.165, 1.54) is 38.9 Å². The molecule has 2 aliphatic rings. The van der Waals surface area contributed by atoms with Crippen molar-refractivity contribution in [2.45, 2.75) is 31.6 Å². The van der Waals surface area contributed by atoms with Crippen molar-refractivity contribution in [2.24, 2.45) is 0 Å². The Labute approximate surface area is 349 Å². The van der Waals surface area contributed by atoms with E-state index >= 15 is 0 Å². The van der Waals surface area contributed by atoms with Crippen molar-refractivity contribution in [3.63, 3.8) is 0 Å². The summed E-state index contributed by atoms with van der Waals surface area (Å²) in [6.45, 7) is 4.69. The van der Waals surface area contributed by atoms with Gasteiger partial charge in [0.25, 0.3) is 0 Å². The first-order chi connectivity index (χ1) is 29.5. The molecule has 2 aromatic heterocycles. The molecular weight excluding hydrogens is 731 g/mol. The lowest BCUT2D eigenvalue weighted by molar-refractivity contribution is 0.660. The summed E-state index contributed by atoms with van der Waals surface area (Å²) in [6.07, 6.45) is 7.93. The van der Waals surface area contributed by atoms with Gasteiger partial charge in [0.2, 0.25) is 0 Å². The number of nitrogens with zero attached hydrogens (tertiary/aromatic N) is 1. The molecule has 12 rings (SSSR count). The van der Waals surface area contributed by atoms with Gasteiger partial charge < -0.3 is 13.7 Å². The zero-order chi connectivity index (χ0) is 40.0. The Hall–Kier alpha value is -7.36. The van der Waals surface area contributed by atoms with Crippen molar-refractivity contribution in [1.29, 1.82) is 0 Å². The molecule has 2 heterocycles. The molecule has 2 aliphatic carbocycles. The Balaban J connectivity index is 1.09. The predicted molar refractivity (Wildman–Crippen MR) is 249 cm³/mol. The number of para-hydroxylation sites is 1. The van der Waals surface area contributed by atoms with Crippen molar-refractivity contribution in [3.05, 3.63) is 217 Å². The molecule has 0 radical (unpaired) electrons. The number of allylic oxidation sites excluding steroid dienone is 3. The minimum atomic E-state index is -0.147. The van der Waals surface area contributed by atoms with Crippen molar-refractivity contribution < 1.29 is 8.83 Å². The fourth-order valence-electron chi connectivity index (χ4n) is 10.1. The number of hydrogen-bond donors (Lipinski definition) is 0. The van der Waals surface area contributed by atoms with Gasteiger partial charge in [0.05, 0.1) is 11.1 Å². The lowest BCUT2D eigenvalue weighted by atomic mass is 9.81. The highest BCUT2D eigenvalue weighted by Gasteiger charge is 2.36. The minimum Gasteiger partial charge on any atom is -0.456 e. The molecule has 0 fully saturated rings. The molecule has 0 N–H and O–H groups in total. The molecule has 0 spiro atoms. The molecule has 60 heavy (non-hydrogen) atoms. The van der Waals surface area contributed by atoms with Crippen molar-refractivity contribution in [2.75, 3.05) is 4.90 Å². The van der Waals surface area contributed by atoms with E-state index in [0.29, 0.717) is 5.92 Å². The molecule has 0 saturated heterocycles. The average Bonchev–Trinajstić information content (AvgIpc) is 3.94. The highest BCUT2D eigenvalue weighted by atomic mass is 16.3. The summed E-state index contributed by atoms with van der Waals surface area (Å²) >= 11 is 0. The fourth-order valence-corrected chi connectivity index (χ4v) is 10.1. The van der Waals surface area contributed by atoms with Crippen LogP contribution < -0.4 is 4.90 Å². The number of fused-ring (bicyclic) bond motifs is 9. The number of hydrogen-bond acceptors (Lipinski definition) is 3. The van der Waals surface area contributed by atoms with E-state index in [1.807, 2.05) is 6.07 Å². The van der Waals surface area contributed by atoms with Crippen molar-refractivity contribution in [1.82, 2.24) is 0 Å². The minimum absolute atomic E-state index is 0.147. The van der Waals surface area contributed by atoms with E-state index in [-0.39, 0.29) is 5.41 Å². The largest absolute Gasteiger partial charge is 0.456 e. The van der Waals surface area contributed by atoms with E-state index in [9.17, 15) is 0 Å². The van der Waals surface area contributed by atoms with Gasteiger partial charge in [-0.15, -0.1) is 0 Å². The lowest BCUT2D eigenvalue weighted by Crippen LogP contribution is -2.17. The zero-order valence-electron chi connectivity index (χ0n) is 33.5. The fraction of sp³-hybridized carbons (Fsp3) is 0.0877. The Morgan fingerprint density at radius 2 is 1.23 bits per heavy atom. The first-order valence-corrected chi connectivity index (χ1v) is 20.9. The Kier molecular flexibility index (Phi) is 7.71. The average molecular weight is 772 g/mol. The molecule has 3 heteroatoms. The second-order valence-electron chi connectivity index (χ2n) is 16.8. The molecule has 10 aromatic rings. The van der Waals surface area contributed by atoms with Crippen LogP contribution in [0.5, 0.6) is 0 Å². The summed E-state index contributed by atoms with van der Waals surface area (Å²) < 4.78 is 13.9. The topological polar surface area (TPSA) is 29.5 Å². The molecule has 1 unspecified atom stereocenters. The van der Waals surface area contributed by atoms with Crippen LogP contribution >= 0.6 is 0 Å². The molecular formula is C57H41NO2. The molecule has 3 nitrogen and oxygen atoms in total. The first kappa shape index (κ1) is 34.7. The highest BCUT2D eigenvalue weighted by molar-refractivity contribution is 6.25. The van der Waals surface area contributed by atoms with Crippen LogP contribution in [0.4, 0.5) is 11.4 Å². The number of furan rings is 2. The van der Waals surface area contributed by atoms with Crippen LogP contribution in [0.3, 0.4) is 0 Å². The molecule has 0 bridgehead atoms. The van der Waals surface area contributed by atoms with Gasteiger partial charge in [-0.05, 0) is 99.5 Å². The Morgan fingerprint density at radius 1 is 0.533 bits per heavy atom. The molecule has 0 saturated carbocycles. The van der Waals surface area contributed by atoms with Gasteiger partial charge in [0, 0.05) is 44.4 Å². The third-order valence-electron chi connectivity index (χ3n) is 13.0. The van der Waals surface area contributed by atoms with Crippen LogP contribution in [0.2, 0.25) is 0 Å². The molecule has 0 amide bonds. The maximum absolute atomic E-state index is 7.16. The van der Waals surface area contributed by atoms with Crippen molar-refractivity contribution >= 4 is 55.3 Å². The van der Waals surface area contributed by atoms with E-state index in [1.54, 1.807) is 0 Å². The second-order valence-corrected chi connectivity index (χ2v) is 16.8. The number of benzene rings is 8. The van der Waals surface area contributed by atoms with Crippen LogP contribution in [-0.4, -0.2) is 0 Å². The second kappa shape index (κ2) is 13.3. The van der Waals surface area contributed by atoms with Crippen LogP contribution in [0.15, 0.2) is 209 Å². The van der Waals surface area contributed by atoms with Crippen molar-refractivity contribution in [3.8, 4) is 33.4 Å².